The molecule has 0 bridgehead atoms. The van der Waals surface area contributed by atoms with E-state index in [0.717, 1.165) is 12.5 Å². The highest BCUT2D eigenvalue weighted by atomic mass is 16.2. The van der Waals surface area contributed by atoms with Gasteiger partial charge in [-0.25, -0.2) is 4.79 Å². The third kappa shape index (κ3) is 6.12. The molecule has 1 saturated carbocycles. The number of carbonyl (C=O) groups is 1. The molecule has 2 amide bonds. The standard InChI is InChI=1S/C16H33N3O/c1-16(2,3)13-7-6-8-14(10-9-13)17-11-12-18-15(20)19(4)5/h13-14,17H,6-12H2,1-5H3,(H,18,20). The van der Waals surface area contributed by atoms with Crippen molar-refractivity contribution in [3.05, 3.63) is 0 Å². The van der Waals surface area contributed by atoms with E-state index in [0.29, 0.717) is 18.0 Å². The highest BCUT2D eigenvalue weighted by Gasteiger charge is 2.27. The van der Waals surface area contributed by atoms with Crippen molar-refractivity contribution in [2.75, 3.05) is 27.2 Å². The second kappa shape index (κ2) is 7.87. The molecule has 118 valence electrons. The summed E-state index contributed by atoms with van der Waals surface area (Å²) in [5, 5.41) is 6.49. The molecule has 0 aromatic rings. The van der Waals surface area contributed by atoms with Crippen molar-refractivity contribution < 1.29 is 4.79 Å². The Morgan fingerprint density at radius 2 is 1.80 bits per heavy atom. The molecule has 20 heavy (non-hydrogen) atoms. The first-order chi connectivity index (χ1) is 9.30. The summed E-state index contributed by atoms with van der Waals surface area (Å²) < 4.78 is 0. The van der Waals surface area contributed by atoms with Gasteiger partial charge in [0.05, 0.1) is 0 Å². The van der Waals surface area contributed by atoms with Crippen LogP contribution in [0.2, 0.25) is 0 Å². The Balaban J connectivity index is 2.21. The first-order valence-electron chi connectivity index (χ1n) is 7.99. The molecule has 0 heterocycles. The molecule has 1 fully saturated rings. The van der Waals surface area contributed by atoms with E-state index in [9.17, 15) is 4.79 Å². The van der Waals surface area contributed by atoms with E-state index in [1.165, 1.54) is 32.1 Å². The van der Waals surface area contributed by atoms with Gasteiger partial charge in [-0.1, -0.05) is 27.2 Å². The summed E-state index contributed by atoms with van der Waals surface area (Å²) in [4.78, 5) is 13.0. The third-order valence-corrected chi connectivity index (χ3v) is 4.43. The molecule has 2 unspecified atom stereocenters. The lowest BCUT2D eigenvalue weighted by Gasteiger charge is -2.29. The summed E-state index contributed by atoms with van der Waals surface area (Å²) in [5.41, 5.74) is 0.439. The van der Waals surface area contributed by atoms with Crippen LogP contribution in [0.3, 0.4) is 0 Å². The zero-order valence-corrected chi connectivity index (χ0v) is 14.0. The average Bonchev–Trinajstić information content (AvgIpc) is 2.59. The van der Waals surface area contributed by atoms with Crippen LogP contribution in [0.15, 0.2) is 0 Å². The molecule has 0 aliphatic heterocycles. The number of urea groups is 1. The maximum Gasteiger partial charge on any atom is 0.316 e. The molecule has 4 nitrogen and oxygen atoms in total. The van der Waals surface area contributed by atoms with Crippen molar-refractivity contribution in [2.24, 2.45) is 11.3 Å². The fourth-order valence-electron chi connectivity index (χ4n) is 2.98. The van der Waals surface area contributed by atoms with Crippen molar-refractivity contribution in [1.29, 1.82) is 0 Å². The number of hydrogen-bond donors (Lipinski definition) is 2. The third-order valence-electron chi connectivity index (χ3n) is 4.43. The molecule has 2 N–H and O–H groups in total. The van der Waals surface area contributed by atoms with Gasteiger partial charge < -0.3 is 15.5 Å². The van der Waals surface area contributed by atoms with Crippen LogP contribution < -0.4 is 10.6 Å². The number of amides is 2. The predicted octanol–water partition coefficient (Wildman–Crippen LogP) is 2.84. The van der Waals surface area contributed by atoms with Gasteiger partial charge in [-0.05, 0) is 37.0 Å². The Labute approximate surface area is 124 Å². The van der Waals surface area contributed by atoms with Crippen LogP contribution in [0.5, 0.6) is 0 Å². The van der Waals surface area contributed by atoms with Crippen molar-refractivity contribution in [1.82, 2.24) is 15.5 Å². The fourth-order valence-corrected chi connectivity index (χ4v) is 2.98. The molecular formula is C16H33N3O. The van der Waals surface area contributed by atoms with E-state index in [1.54, 1.807) is 19.0 Å². The van der Waals surface area contributed by atoms with Gasteiger partial charge in [-0.3, -0.25) is 0 Å². The zero-order chi connectivity index (χ0) is 15.2. The molecule has 1 aliphatic rings. The van der Waals surface area contributed by atoms with Crippen molar-refractivity contribution >= 4 is 6.03 Å². The number of carbonyl (C=O) groups excluding carboxylic acids is 1. The Bertz CT molecular complexity index is 297. The first-order valence-corrected chi connectivity index (χ1v) is 7.99. The van der Waals surface area contributed by atoms with Crippen LogP contribution in [-0.2, 0) is 0 Å². The van der Waals surface area contributed by atoms with Crippen molar-refractivity contribution in [3.8, 4) is 0 Å². The topological polar surface area (TPSA) is 44.4 Å². The second-order valence-electron chi connectivity index (χ2n) is 7.35. The molecule has 4 heteroatoms. The summed E-state index contributed by atoms with van der Waals surface area (Å²) in [7, 11) is 3.53. The van der Waals surface area contributed by atoms with Crippen LogP contribution in [0, 0.1) is 11.3 Å². The number of nitrogens with one attached hydrogen (secondary N) is 2. The minimum Gasteiger partial charge on any atom is -0.337 e. The summed E-state index contributed by atoms with van der Waals surface area (Å²) in [6, 6.07) is 0.610. The number of rotatable bonds is 4. The zero-order valence-electron chi connectivity index (χ0n) is 14.0. The van der Waals surface area contributed by atoms with Crippen molar-refractivity contribution in [3.63, 3.8) is 0 Å². The molecule has 1 rings (SSSR count). The first kappa shape index (κ1) is 17.3. The second-order valence-corrected chi connectivity index (χ2v) is 7.35. The molecule has 0 aromatic heterocycles. The quantitative estimate of drug-likeness (QED) is 0.615. The predicted molar refractivity (Wildman–Crippen MR) is 84.9 cm³/mol. The smallest absolute Gasteiger partial charge is 0.316 e. The Kier molecular flexibility index (Phi) is 6.80. The normalized spacial score (nSPS) is 24.1. The number of nitrogens with zero attached hydrogens (tertiary/aromatic N) is 1. The average molecular weight is 283 g/mol. The van der Waals surface area contributed by atoms with E-state index in [1.807, 2.05) is 0 Å². The lowest BCUT2D eigenvalue weighted by atomic mass is 9.76. The highest BCUT2D eigenvalue weighted by molar-refractivity contribution is 5.73. The van der Waals surface area contributed by atoms with E-state index in [2.05, 4.69) is 31.4 Å². The Morgan fingerprint density at radius 3 is 2.40 bits per heavy atom. The molecular weight excluding hydrogens is 250 g/mol. The van der Waals surface area contributed by atoms with Crippen LogP contribution in [-0.4, -0.2) is 44.2 Å². The van der Waals surface area contributed by atoms with Gasteiger partial charge in [0.2, 0.25) is 0 Å². The van der Waals surface area contributed by atoms with Gasteiger partial charge >= 0.3 is 6.03 Å². The van der Waals surface area contributed by atoms with E-state index < -0.39 is 0 Å². The lowest BCUT2D eigenvalue weighted by molar-refractivity contribution is 0.213. The van der Waals surface area contributed by atoms with Gasteiger partial charge in [0, 0.05) is 33.2 Å². The van der Waals surface area contributed by atoms with Crippen LogP contribution in [0.1, 0.15) is 52.9 Å². The molecule has 0 saturated heterocycles. The fraction of sp³-hybridized carbons (Fsp3) is 0.938. The maximum atomic E-state index is 11.4. The minimum absolute atomic E-state index is 0.0135. The Hall–Kier alpha value is -0.770. The summed E-state index contributed by atoms with van der Waals surface area (Å²) in [6.45, 7) is 8.66. The van der Waals surface area contributed by atoms with Gasteiger partial charge in [-0.2, -0.15) is 0 Å². The van der Waals surface area contributed by atoms with Gasteiger partial charge in [0.1, 0.15) is 0 Å². The highest BCUT2D eigenvalue weighted by Crippen LogP contribution is 2.36. The largest absolute Gasteiger partial charge is 0.337 e. The molecule has 2 atom stereocenters. The summed E-state index contributed by atoms with van der Waals surface area (Å²) in [5.74, 6) is 0.850. The minimum atomic E-state index is -0.0135. The molecule has 1 aliphatic carbocycles. The van der Waals surface area contributed by atoms with E-state index in [-0.39, 0.29) is 6.03 Å². The van der Waals surface area contributed by atoms with Gasteiger partial charge in [0.25, 0.3) is 0 Å². The van der Waals surface area contributed by atoms with E-state index in [4.69, 9.17) is 0 Å². The van der Waals surface area contributed by atoms with E-state index >= 15 is 0 Å². The summed E-state index contributed by atoms with van der Waals surface area (Å²) in [6.07, 6.45) is 6.55. The lowest BCUT2D eigenvalue weighted by Crippen LogP contribution is -2.40. The van der Waals surface area contributed by atoms with Crippen molar-refractivity contribution in [2.45, 2.75) is 58.9 Å². The molecule has 0 spiro atoms. The number of hydrogen-bond acceptors (Lipinski definition) is 2. The molecule has 0 radical (unpaired) electrons. The summed E-state index contributed by atoms with van der Waals surface area (Å²) >= 11 is 0. The Morgan fingerprint density at radius 1 is 1.10 bits per heavy atom. The maximum absolute atomic E-state index is 11.4. The van der Waals surface area contributed by atoms with Gasteiger partial charge in [0.15, 0.2) is 0 Å². The molecule has 0 aromatic carbocycles. The van der Waals surface area contributed by atoms with Crippen LogP contribution in [0.25, 0.3) is 0 Å². The SMILES string of the molecule is CN(C)C(=O)NCCNC1CCCC(C(C)(C)C)CC1. The monoisotopic (exact) mass is 283 g/mol. The van der Waals surface area contributed by atoms with Gasteiger partial charge in [-0.15, -0.1) is 0 Å². The van der Waals surface area contributed by atoms with Crippen LogP contribution in [0.4, 0.5) is 4.79 Å². The van der Waals surface area contributed by atoms with Crippen LogP contribution >= 0.6 is 0 Å².